The standard InChI is InChI=1S/C16H14N4O2/c1-10(11-2-5-13(21)6-3-11)19-20-16(22)12-4-7-14-15(8-12)18-9-17-14/h2-9,19,21H,1H2,(H,17,18)(H,20,22). The fourth-order valence-corrected chi connectivity index (χ4v) is 2.02. The number of phenols is 1. The maximum absolute atomic E-state index is 12.1. The minimum Gasteiger partial charge on any atom is -0.508 e. The molecule has 0 unspecified atom stereocenters. The minimum atomic E-state index is -0.281. The van der Waals surface area contributed by atoms with Crippen LogP contribution in [-0.4, -0.2) is 21.0 Å². The summed E-state index contributed by atoms with van der Waals surface area (Å²) in [5, 5.41) is 9.25. The highest BCUT2D eigenvalue weighted by Gasteiger charge is 2.07. The van der Waals surface area contributed by atoms with E-state index in [0.29, 0.717) is 11.3 Å². The Morgan fingerprint density at radius 3 is 2.59 bits per heavy atom. The first kappa shape index (κ1) is 13.7. The van der Waals surface area contributed by atoms with E-state index in [1.54, 1.807) is 48.8 Å². The Balaban J connectivity index is 1.66. The Hall–Kier alpha value is -3.28. The largest absolute Gasteiger partial charge is 0.508 e. The maximum atomic E-state index is 12.1. The van der Waals surface area contributed by atoms with Gasteiger partial charge in [-0.3, -0.25) is 15.6 Å². The van der Waals surface area contributed by atoms with Gasteiger partial charge in [0.2, 0.25) is 0 Å². The molecule has 4 N–H and O–H groups in total. The van der Waals surface area contributed by atoms with Crippen LogP contribution >= 0.6 is 0 Å². The minimum absolute atomic E-state index is 0.174. The van der Waals surface area contributed by atoms with Crippen molar-refractivity contribution < 1.29 is 9.90 Å². The van der Waals surface area contributed by atoms with Gasteiger partial charge in [0.25, 0.3) is 5.91 Å². The van der Waals surface area contributed by atoms with Crippen molar-refractivity contribution >= 4 is 22.6 Å². The molecule has 3 aromatic rings. The van der Waals surface area contributed by atoms with E-state index in [1.807, 2.05) is 0 Å². The summed E-state index contributed by atoms with van der Waals surface area (Å²) >= 11 is 0. The Kier molecular flexibility index (Phi) is 3.49. The van der Waals surface area contributed by atoms with Gasteiger partial charge in [0.05, 0.1) is 23.1 Å². The van der Waals surface area contributed by atoms with Crippen molar-refractivity contribution in [2.24, 2.45) is 0 Å². The van der Waals surface area contributed by atoms with Gasteiger partial charge in [-0.25, -0.2) is 4.98 Å². The number of hydrogen-bond acceptors (Lipinski definition) is 4. The summed E-state index contributed by atoms with van der Waals surface area (Å²) in [5.41, 5.74) is 8.73. The maximum Gasteiger partial charge on any atom is 0.269 e. The molecule has 22 heavy (non-hydrogen) atoms. The number of nitrogens with one attached hydrogen (secondary N) is 3. The van der Waals surface area contributed by atoms with E-state index in [9.17, 15) is 9.90 Å². The van der Waals surface area contributed by atoms with Crippen LogP contribution in [0, 0.1) is 0 Å². The third kappa shape index (κ3) is 2.76. The van der Waals surface area contributed by atoms with E-state index in [-0.39, 0.29) is 11.7 Å². The number of rotatable bonds is 4. The van der Waals surface area contributed by atoms with E-state index in [2.05, 4.69) is 27.4 Å². The Morgan fingerprint density at radius 1 is 1.09 bits per heavy atom. The number of hydrogen-bond donors (Lipinski definition) is 4. The van der Waals surface area contributed by atoms with Crippen LogP contribution in [0.3, 0.4) is 0 Å². The van der Waals surface area contributed by atoms with Gasteiger partial charge in [-0.15, -0.1) is 0 Å². The lowest BCUT2D eigenvalue weighted by molar-refractivity contribution is 0.0942. The van der Waals surface area contributed by atoms with E-state index < -0.39 is 0 Å². The van der Waals surface area contributed by atoms with Crippen LogP contribution in [0.5, 0.6) is 5.75 Å². The molecule has 0 spiro atoms. The van der Waals surface area contributed by atoms with Crippen molar-refractivity contribution in [2.75, 3.05) is 0 Å². The summed E-state index contributed by atoms with van der Waals surface area (Å²) in [7, 11) is 0. The van der Waals surface area contributed by atoms with Gasteiger partial charge in [-0.05, 0) is 48.0 Å². The lowest BCUT2D eigenvalue weighted by Crippen LogP contribution is -2.35. The number of imidazole rings is 1. The summed E-state index contributed by atoms with van der Waals surface area (Å²) < 4.78 is 0. The number of fused-ring (bicyclic) bond motifs is 1. The zero-order valence-corrected chi connectivity index (χ0v) is 11.6. The van der Waals surface area contributed by atoms with Gasteiger partial charge in [-0.2, -0.15) is 0 Å². The van der Waals surface area contributed by atoms with Crippen molar-refractivity contribution in [1.29, 1.82) is 0 Å². The number of aromatic amines is 1. The van der Waals surface area contributed by atoms with E-state index >= 15 is 0 Å². The monoisotopic (exact) mass is 294 g/mol. The number of carbonyl (C=O) groups is 1. The molecule has 0 radical (unpaired) electrons. The highest BCUT2D eigenvalue weighted by atomic mass is 16.3. The number of phenolic OH excluding ortho intramolecular Hbond substituents is 1. The molecule has 0 saturated heterocycles. The van der Waals surface area contributed by atoms with Crippen LogP contribution in [0.4, 0.5) is 0 Å². The quantitative estimate of drug-likeness (QED) is 0.555. The molecular weight excluding hydrogens is 280 g/mol. The van der Waals surface area contributed by atoms with Gasteiger partial charge >= 0.3 is 0 Å². The molecule has 0 bridgehead atoms. The molecule has 0 aliphatic carbocycles. The number of hydrazine groups is 1. The second-order valence-electron chi connectivity index (χ2n) is 4.74. The Morgan fingerprint density at radius 2 is 1.82 bits per heavy atom. The van der Waals surface area contributed by atoms with Gasteiger partial charge < -0.3 is 10.1 Å². The summed E-state index contributed by atoms with van der Waals surface area (Å²) in [6.07, 6.45) is 1.58. The number of aromatic nitrogens is 2. The van der Waals surface area contributed by atoms with Crippen LogP contribution < -0.4 is 10.9 Å². The molecule has 1 aromatic heterocycles. The normalized spacial score (nSPS) is 10.4. The van der Waals surface area contributed by atoms with Gasteiger partial charge in [0.15, 0.2) is 0 Å². The van der Waals surface area contributed by atoms with Crippen molar-refractivity contribution in [3.05, 3.63) is 66.5 Å². The summed E-state index contributed by atoms with van der Waals surface area (Å²) in [4.78, 5) is 19.2. The van der Waals surface area contributed by atoms with Crippen LogP contribution in [0.2, 0.25) is 0 Å². The first-order chi connectivity index (χ1) is 10.6. The van der Waals surface area contributed by atoms with Crippen molar-refractivity contribution in [1.82, 2.24) is 20.8 Å². The van der Waals surface area contributed by atoms with E-state index in [4.69, 9.17) is 0 Å². The van der Waals surface area contributed by atoms with Crippen LogP contribution in [-0.2, 0) is 0 Å². The lowest BCUT2D eigenvalue weighted by Gasteiger charge is -2.11. The van der Waals surface area contributed by atoms with Crippen LogP contribution in [0.15, 0.2) is 55.4 Å². The molecule has 0 atom stereocenters. The van der Waals surface area contributed by atoms with Crippen LogP contribution in [0.1, 0.15) is 15.9 Å². The summed E-state index contributed by atoms with van der Waals surface area (Å²) in [6.45, 7) is 3.84. The molecule has 2 aromatic carbocycles. The summed E-state index contributed by atoms with van der Waals surface area (Å²) in [6, 6.07) is 11.7. The zero-order chi connectivity index (χ0) is 15.5. The lowest BCUT2D eigenvalue weighted by atomic mass is 10.2. The van der Waals surface area contributed by atoms with Crippen LogP contribution in [0.25, 0.3) is 16.7 Å². The first-order valence-corrected chi connectivity index (χ1v) is 6.61. The number of benzene rings is 2. The van der Waals surface area contributed by atoms with Crippen molar-refractivity contribution in [3.8, 4) is 5.75 Å². The molecule has 1 amide bonds. The molecule has 0 saturated carbocycles. The number of amides is 1. The van der Waals surface area contributed by atoms with Crippen molar-refractivity contribution in [3.63, 3.8) is 0 Å². The molecule has 1 heterocycles. The summed E-state index contributed by atoms with van der Waals surface area (Å²) in [5.74, 6) is -0.107. The van der Waals surface area contributed by atoms with Gasteiger partial charge in [0.1, 0.15) is 5.75 Å². The molecule has 0 fully saturated rings. The van der Waals surface area contributed by atoms with E-state index in [1.165, 1.54) is 0 Å². The number of nitrogens with zero attached hydrogens (tertiary/aromatic N) is 1. The predicted octanol–water partition coefficient (Wildman–Crippen LogP) is 2.17. The molecule has 110 valence electrons. The SMILES string of the molecule is C=C(NNC(=O)c1ccc2nc[nH]c2c1)c1ccc(O)cc1. The average Bonchev–Trinajstić information content (AvgIpc) is 3.00. The number of H-pyrrole nitrogens is 1. The molecular formula is C16H14N4O2. The molecule has 6 heteroatoms. The fourth-order valence-electron chi connectivity index (χ4n) is 2.02. The molecule has 0 aliphatic heterocycles. The molecule has 3 rings (SSSR count). The van der Waals surface area contributed by atoms with Gasteiger partial charge in [0, 0.05) is 5.56 Å². The first-order valence-electron chi connectivity index (χ1n) is 6.61. The smallest absolute Gasteiger partial charge is 0.269 e. The Labute approximate surface area is 126 Å². The predicted molar refractivity (Wildman–Crippen MR) is 83.8 cm³/mol. The topological polar surface area (TPSA) is 90.0 Å². The average molecular weight is 294 g/mol. The highest BCUT2D eigenvalue weighted by molar-refractivity contribution is 5.97. The zero-order valence-electron chi connectivity index (χ0n) is 11.6. The molecule has 6 nitrogen and oxygen atoms in total. The second kappa shape index (κ2) is 5.61. The molecule has 0 aliphatic rings. The highest BCUT2D eigenvalue weighted by Crippen LogP contribution is 2.14. The van der Waals surface area contributed by atoms with E-state index in [0.717, 1.165) is 16.6 Å². The third-order valence-corrected chi connectivity index (χ3v) is 3.23. The third-order valence-electron chi connectivity index (χ3n) is 3.23. The van der Waals surface area contributed by atoms with Crippen molar-refractivity contribution in [2.45, 2.75) is 0 Å². The van der Waals surface area contributed by atoms with Gasteiger partial charge in [-0.1, -0.05) is 6.58 Å². The number of carbonyl (C=O) groups excluding carboxylic acids is 1. The number of aromatic hydroxyl groups is 1. The Bertz CT molecular complexity index is 837. The second-order valence-corrected chi connectivity index (χ2v) is 4.74. The fraction of sp³-hybridized carbons (Fsp3) is 0.